The molecule has 0 rings (SSSR count). The summed E-state index contributed by atoms with van der Waals surface area (Å²) in [6, 6.07) is 0. The number of allylic oxidation sites excluding steroid dienone is 2. The van der Waals surface area contributed by atoms with Gasteiger partial charge in [0.2, 0.25) is 0 Å². The minimum absolute atomic E-state index is 0.0609. The molecule has 0 aliphatic heterocycles. The van der Waals surface area contributed by atoms with Crippen LogP contribution in [0.25, 0.3) is 0 Å². The number of halogens is 4. The molecule has 2 atom stereocenters. The fourth-order valence-corrected chi connectivity index (χ4v) is 1.64. The Morgan fingerprint density at radius 3 is 2.00 bits per heavy atom. The number of alkyl halides is 3. The van der Waals surface area contributed by atoms with Crippen LogP contribution >= 0.6 is 11.6 Å². The molecular weight excluding hydrogens is 245 g/mol. The maximum Gasteiger partial charge on any atom is 0.396 e. The minimum atomic E-state index is -4.61. The first-order valence-corrected chi connectivity index (χ1v) is 5.08. The van der Waals surface area contributed by atoms with Gasteiger partial charge in [0.15, 0.2) is 0 Å². The Labute approximate surface area is 97.1 Å². The molecule has 0 bridgehead atoms. The molecule has 0 aromatic heterocycles. The first-order chi connectivity index (χ1) is 7.07. The van der Waals surface area contributed by atoms with Crippen molar-refractivity contribution in [3.05, 3.63) is 11.1 Å². The Morgan fingerprint density at radius 1 is 1.38 bits per heavy atom. The summed E-state index contributed by atoms with van der Waals surface area (Å²) in [4.78, 5) is 10.8. The molecule has 6 heteroatoms. The molecule has 2 nitrogen and oxygen atoms in total. The largest absolute Gasteiger partial charge is 0.481 e. The second-order valence-electron chi connectivity index (χ2n) is 3.93. The highest BCUT2D eigenvalue weighted by Gasteiger charge is 2.47. The van der Waals surface area contributed by atoms with Crippen LogP contribution in [0.2, 0.25) is 0 Å². The number of hydrogen-bond acceptors (Lipinski definition) is 1. The second kappa shape index (κ2) is 5.57. The molecule has 0 saturated heterocycles. The van der Waals surface area contributed by atoms with Crippen molar-refractivity contribution in [1.29, 1.82) is 0 Å². The van der Waals surface area contributed by atoms with E-state index in [-0.39, 0.29) is 5.03 Å². The van der Waals surface area contributed by atoms with E-state index < -0.39 is 29.9 Å². The zero-order chi connectivity index (χ0) is 13.1. The summed E-state index contributed by atoms with van der Waals surface area (Å²) in [6.45, 7) is 4.17. The van der Waals surface area contributed by atoms with Gasteiger partial charge in [-0.15, -0.1) is 0 Å². The van der Waals surface area contributed by atoms with E-state index in [2.05, 4.69) is 0 Å². The van der Waals surface area contributed by atoms with Gasteiger partial charge in [-0.25, -0.2) is 0 Å². The smallest absolute Gasteiger partial charge is 0.396 e. The summed E-state index contributed by atoms with van der Waals surface area (Å²) >= 11 is 5.40. The van der Waals surface area contributed by atoms with E-state index in [1.54, 1.807) is 0 Å². The van der Waals surface area contributed by atoms with Gasteiger partial charge >= 0.3 is 12.1 Å². The maximum absolute atomic E-state index is 12.7. The molecule has 2 unspecified atom stereocenters. The zero-order valence-corrected chi connectivity index (χ0v) is 9.93. The van der Waals surface area contributed by atoms with Crippen LogP contribution in [0, 0.1) is 17.8 Å². The fraction of sp³-hybridized carbons (Fsp3) is 0.700. The highest BCUT2D eigenvalue weighted by atomic mass is 35.5. The van der Waals surface area contributed by atoms with Crippen LogP contribution in [0.3, 0.4) is 0 Å². The zero-order valence-electron chi connectivity index (χ0n) is 9.18. The van der Waals surface area contributed by atoms with Crippen molar-refractivity contribution in [2.24, 2.45) is 17.8 Å². The average Bonchev–Trinajstić information content (AvgIpc) is 1.98. The molecule has 0 aliphatic carbocycles. The highest BCUT2D eigenvalue weighted by Crippen LogP contribution is 2.37. The number of hydrogen-bond donors (Lipinski definition) is 1. The van der Waals surface area contributed by atoms with E-state index in [1.807, 2.05) is 0 Å². The van der Waals surface area contributed by atoms with Crippen LogP contribution in [-0.4, -0.2) is 17.3 Å². The minimum Gasteiger partial charge on any atom is -0.481 e. The van der Waals surface area contributed by atoms with Gasteiger partial charge in [0, 0.05) is 5.03 Å². The molecule has 0 saturated carbocycles. The lowest BCUT2D eigenvalue weighted by Gasteiger charge is -2.26. The molecule has 0 heterocycles. The number of aliphatic carboxylic acids is 1. The number of carbonyl (C=O) groups is 1. The molecule has 0 aliphatic rings. The fourth-order valence-electron chi connectivity index (χ4n) is 1.50. The van der Waals surface area contributed by atoms with Gasteiger partial charge in [-0.3, -0.25) is 4.79 Å². The van der Waals surface area contributed by atoms with Gasteiger partial charge in [0.1, 0.15) is 0 Å². The maximum atomic E-state index is 12.7. The Morgan fingerprint density at radius 2 is 1.81 bits per heavy atom. The molecule has 0 amide bonds. The number of rotatable bonds is 4. The van der Waals surface area contributed by atoms with Crippen molar-refractivity contribution in [3.8, 4) is 0 Å². The SMILES string of the molecule is CC(Cl)=CC(C(C(=O)O)C(C)C)C(F)(F)F. The lowest BCUT2D eigenvalue weighted by molar-refractivity contribution is -0.188. The Kier molecular flexibility index (Phi) is 5.32. The summed E-state index contributed by atoms with van der Waals surface area (Å²) < 4.78 is 38.1. The number of carboxylic acid groups (broad SMARTS) is 1. The predicted molar refractivity (Wildman–Crippen MR) is 55.1 cm³/mol. The summed E-state index contributed by atoms with van der Waals surface area (Å²) in [6.07, 6.45) is -3.86. The van der Waals surface area contributed by atoms with Crippen LogP contribution in [0.15, 0.2) is 11.1 Å². The Bertz CT molecular complexity index is 280. The van der Waals surface area contributed by atoms with E-state index in [4.69, 9.17) is 16.7 Å². The molecular formula is C10H14ClF3O2. The van der Waals surface area contributed by atoms with Crippen molar-refractivity contribution in [2.45, 2.75) is 26.9 Å². The van der Waals surface area contributed by atoms with Crippen molar-refractivity contribution in [3.63, 3.8) is 0 Å². The van der Waals surface area contributed by atoms with Gasteiger partial charge in [0.25, 0.3) is 0 Å². The standard InChI is InChI=1S/C10H14ClF3O2/c1-5(2)8(9(15)16)7(4-6(3)11)10(12,13)14/h4-5,7-8H,1-3H3,(H,15,16). The molecule has 0 fully saturated rings. The van der Waals surface area contributed by atoms with E-state index in [1.165, 1.54) is 20.8 Å². The van der Waals surface area contributed by atoms with Gasteiger partial charge in [-0.05, 0) is 12.8 Å². The highest BCUT2D eigenvalue weighted by molar-refractivity contribution is 6.29. The molecule has 16 heavy (non-hydrogen) atoms. The summed E-state index contributed by atoms with van der Waals surface area (Å²) in [7, 11) is 0. The van der Waals surface area contributed by atoms with Crippen LogP contribution < -0.4 is 0 Å². The first-order valence-electron chi connectivity index (χ1n) is 4.70. The van der Waals surface area contributed by atoms with Crippen molar-refractivity contribution < 1.29 is 23.1 Å². The normalized spacial score (nSPS) is 17.4. The van der Waals surface area contributed by atoms with Gasteiger partial charge in [-0.2, -0.15) is 13.2 Å². The van der Waals surface area contributed by atoms with E-state index in [9.17, 15) is 18.0 Å². The molecule has 1 N–H and O–H groups in total. The van der Waals surface area contributed by atoms with Crippen molar-refractivity contribution in [1.82, 2.24) is 0 Å². The molecule has 0 aromatic rings. The Balaban J connectivity index is 5.31. The second-order valence-corrected chi connectivity index (χ2v) is 4.53. The topological polar surface area (TPSA) is 37.3 Å². The molecule has 0 aromatic carbocycles. The third kappa shape index (κ3) is 4.43. The quantitative estimate of drug-likeness (QED) is 0.835. The Hall–Kier alpha value is -0.710. The van der Waals surface area contributed by atoms with E-state index in [0.717, 1.165) is 6.08 Å². The lowest BCUT2D eigenvalue weighted by atomic mass is 9.82. The molecule has 94 valence electrons. The predicted octanol–water partition coefficient (Wildman–Crippen LogP) is 3.66. The summed E-state index contributed by atoms with van der Waals surface area (Å²) in [5.74, 6) is -5.67. The van der Waals surface area contributed by atoms with Crippen LogP contribution in [0.5, 0.6) is 0 Å². The van der Waals surface area contributed by atoms with Crippen molar-refractivity contribution in [2.75, 3.05) is 0 Å². The molecule has 0 spiro atoms. The van der Waals surface area contributed by atoms with Gasteiger partial charge < -0.3 is 5.11 Å². The van der Waals surface area contributed by atoms with E-state index >= 15 is 0 Å². The first kappa shape index (κ1) is 15.3. The van der Waals surface area contributed by atoms with Crippen LogP contribution in [0.1, 0.15) is 20.8 Å². The monoisotopic (exact) mass is 258 g/mol. The van der Waals surface area contributed by atoms with Crippen LogP contribution in [0.4, 0.5) is 13.2 Å². The van der Waals surface area contributed by atoms with Crippen molar-refractivity contribution >= 4 is 17.6 Å². The summed E-state index contributed by atoms with van der Waals surface area (Å²) in [5, 5.41) is 8.76. The third-order valence-electron chi connectivity index (χ3n) is 2.18. The average molecular weight is 259 g/mol. The summed E-state index contributed by atoms with van der Waals surface area (Å²) in [5.41, 5.74) is 0. The van der Waals surface area contributed by atoms with E-state index in [0.29, 0.717) is 0 Å². The van der Waals surface area contributed by atoms with Crippen LogP contribution in [-0.2, 0) is 4.79 Å². The lowest BCUT2D eigenvalue weighted by Crippen LogP contribution is -2.36. The number of carboxylic acids is 1. The third-order valence-corrected chi connectivity index (χ3v) is 2.30. The van der Waals surface area contributed by atoms with Gasteiger partial charge in [-0.1, -0.05) is 31.5 Å². The molecule has 0 radical (unpaired) electrons. The van der Waals surface area contributed by atoms with Gasteiger partial charge in [0.05, 0.1) is 11.8 Å².